The van der Waals surface area contributed by atoms with Gasteiger partial charge in [0, 0.05) is 24.5 Å². The number of anilines is 2. The van der Waals surface area contributed by atoms with Gasteiger partial charge >= 0.3 is 6.03 Å². The second-order valence-electron chi connectivity index (χ2n) is 7.44. The predicted molar refractivity (Wildman–Crippen MR) is 117 cm³/mol. The molecule has 1 aromatic rings. The zero-order valence-corrected chi connectivity index (χ0v) is 17.9. The fraction of sp³-hybridized carbons (Fsp3) is 0.550. The normalized spacial score (nSPS) is 15.0. The third-order valence-corrected chi connectivity index (χ3v) is 4.76. The van der Waals surface area contributed by atoms with Gasteiger partial charge in [0.1, 0.15) is 0 Å². The van der Waals surface area contributed by atoms with Crippen LogP contribution in [0, 0.1) is 5.92 Å². The van der Waals surface area contributed by atoms with Crippen LogP contribution in [0.4, 0.5) is 16.2 Å². The topological polar surface area (TPSA) is 117 Å². The van der Waals surface area contributed by atoms with Crippen LogP contribution in [0.25, 0.3) is 0 Å². The van der Waals surface area contributed by atoms with E-state index < -0.39 is 6.04 Å². The third kappa shape index (κ3) is 8.29. The SMILES string of the molecule is CC(C)[C@H](N)C(=O)NCC(=O)Nc1ccc(NC(=O)N2CCCCCC2)cc1.Cl. The number of nitrogens with zero attached hydrogens (tertiary/aromatic N) is 1. The summed E-state index contributed by atoms with van der Waals surface area (Å²) >= 11 is 0. The Labute approximate surface area is 178 Å². The number of carbonyl (C=O) groups excluding carboxylic acids is 3. The molecule has 1 aliphatic heterocycles. The first-order valence-electron chi connectivity index (χ1n) is 9.86. The lowest BCUT2D eigenvalue weighted by molar-refractivity contribution is -0.125. The van der Waals surface area contributed by atoms with Crippen LogP contribution in [0.3, 0.4) is 0 Å². The highest BCUT2D eigenvalue weighted by Gasteiger charge is 2.18. The molecule has 1 fully saturated rings. The Hall–Kier alpha value is -2.32. The van der Waals surface area contributed by atoms with Crippen molar-refractivity contribution in [3.8, 4) is 0 Å². The van der Waals surface area contributed by atoms with Crippen LogP contribution >= 0.6 is 12.4 Å². The van der Waals surface area contributed by atoms with Crippen LogP contribution in [-0.4, -0.2) is 48.4 Å². The molecule has 1 heterocycles. The van der Waals surface area contributed by atoms with Gasteiger partial charge in [0.2, 0.25) is 11.8 Å². The first-order valence-corrected chi connectivity index (χ1v) is 9.86. The minimum absolute atomic E-state index is 0. The Bertz CT molecular complexity index is 673. The van der Waals surface area contributed by atoms with Crippen LogP contribution in [0.2, 0.25) is 0 Å². The molecule has 2 rings (SSSR count). The van der Waals surface area contributed by atoms with E-state index in [0.29, 0.717) is 11.4 Å². The van der Waals surface area contributed by atoms with E-state index in [1.54, 1.807) is 24.3 Å². The van der Waals surface area contributed by atoms with E-state index in [2.05, 4.69) is 16.0 Å². The second-order valence-corrected chi connectivity index (χ2v) is 7.44. The first kappa shape index (κ1) is 24.7. The summed E-state index contributed by atoms with van der Waals surface area (Å²) < 4.78 is 0. The van der Waals surface area contributed by atoms with Gasteiger partial charge < -0.3 is 26.6 Å². The Morgan fingerprint density at radius 2 is 1.48 bits per heavy atom. The molecule has 1 saturated heterocycles. The van der Waals surface area contributed by atoms with Crippen molar-refractivity contribution in [3.05, 3.63) is 24.3 Å². The number of nitrogens with one attached hydrogen (secondary N) is 3. The maximum Gasteiger partial charge on any atom is 0.321 e. The third-order valence-electron chi connectivity index (χ3n) is 4.76. The Kier molecular flexibility index (Phi) is 10.5. The first-order chi connectivity index (χ1) is 13.4. The largest absolute Gasteiger partial charge is 0.346 e. The van der Waals surface area contributed by atoms with Crippen molar-refractivity contribution >= 4 is 41.6 Å². The van der Waals surface area contributed by atoms with Crippen LogP contribution in [-0.2, 0) is 9.59 Å². The van der Waals surface area contributed by atoms with Crippen molar-refractivity contribution in [1.82, 2.24) is 10.2 Å². The molecular weight excluding hydrogens is 394 g/mol. The molecule has 0 saturated carbocycles. The molecule has 1 atom stereocenters. The molecule has 0 aromatic heterocycles. The lowest BCUT2D eigenvalue weighted by atomic mass is 10.1. The van der Waals surface area contributed by atoms with E-state index in [1.807, 2.05) is 18.7 Å². The molecule has 4 amide bonds. The summed E-state index contributed by atoms with van der Waals surface area (Å²) in [6, 6.07) is 6.15. The summed E-state index contributed by atoms with van der Waals surface area (Å²) in [5, 5.41) is 8.11. The molecule has 5 N–H and O–H groups in total. The highest BCUT2D eigenvalue weighted by molar-refractivity contribution is 5.95. The number of hydrogen-bond acceptors (Lipinski definition) is 4. The number of rotatable bonds is 6. The second kappa shape index (κ2) is 12.3. The van der Waals surface area contributed by atoms with Crippen LogP contribution in [0.15, 0.2) is 24.3 Å². The molecule has 1 aromatic carbocycles. The van der Waals surface area contributed by atoms with Crippen molar-refractivity contribution in [3.63, 3.8) is 0 Å². The zero-order chi connectivity index (χ0) is 20.5. The summed E-state index contributed by atoms with van der Waals surface area (Å²) in [7, 11) is 0. The van der Waals surface area contributed by atoms with Gasteiger partial charge in [-0.25, -0.2) is 4.79 Å². The monoisotopic (exact) mass is 425 g/mol. The molecule has 0 aliphatic carbocycles. The Morgan fingerprint density at radius 1 is 0.966 bits per heavy atom. The molecule has 162 valence electrons. The van der Waals surface area contributed by atoms with Gasteiger partial charge in [0.25, 0.3) is 0 Å². The molecule has 1 aliphatic rings. The van der Waals surface area contributed by atoms with Gasteiger partial charge in [0.05, 0.1) is 12.6 Å². The zero-order valence-electron chi connectivity index (χ0n) is 17.1. The molecule has 9 heteroatoms. The highest BCUT2D eigenvalue weighted by Crippen LogP contribution is 2.16. The predicted octanol–water partition coefficient (Wildman–Crippen LogP) is 2.55. The molecule has 0 bridgehead atoms. The maximum absolute atomic E-state index is 12.3. The number of nitrogens with two attached hydrogens (primary N) is 1. The van der Waals surface area contributed by atoms with Crippen LogP contribution in [0.1, 0.15) is 39.5 Å². The highest BCUT2D eigenvalue weighted by atomic mass is 35.5. The minimum atomic E-state index is -0.639. The van der Waals surface area contributed by atoms with Gasteiger partial charge in [-0.05, 0) is 43.0 Å². The summed E-state index contributed by atoms with van der Waals surface area (Å²) in [4.78, 5) is 37.9. The van der Waals surface area contributed by atoms with Crippen molar-refractivity contribution in [1.29, 1.82) is 0 Å². The lowest BCUT2D eigenvalue weighted by Crippen LogP contribution is -2.46. The minimum Gasteiger partial charge on any atom is -0.346 e. The smallest absolute Gasteiger partial charge is 0.321 e. The van der Waals surface area contributed by atoms with E-state index in [1.165, 1.54) is 12.8 Å². The number of benzene rings is 1. The average Bonchev–Trinajstić information content (AvgIpc) is 2.96. The number of carbonyl (C=O) groups is 3. The number of urea groups is 1. The Morgan fingerprint density at radius 3 is 2.00 bits per heavy atom. The van der Waals surface area contributed by atoms with E-state index in [-0.39, 0.29) is 42.7 Å². The van der Waals surface area contributed by atoms with E-state index in [9.17, 15) is 14.4 Å². The van der Waals surface area contributed by atoms with Crippen LogP contribution in [0.5, 0.6) is 0 Å². The van der Waals surface area contributed by atoms with Gasteiger partial charge in [-0.3, -0.25) is 9.59 Å². The maximum atomic E-state index is 12.3. The molecular formula is C20H32ClN5O3. The van der Waals surface area contributed by atoms with E-state index in [0.717, 1.165) is 25.9 Å². The van der Waals surface area contributed by atoms with Crippen molar-refractivity contribution in [2.24, 2.45) is 11.7 Å². The van der Waals surface area contributed by atoms with Gasteiger partial charge in [-0.1, -0.05) is 26.7 Å². The molecule has 8 nitrogen and oxygen atoms in total. The number of amides is 4. The quantitative estimate of drug-likeness (QED) is 0.560. The van der Waals surface area contributed by atoms with Gasteiger partial charge in [0.15, 0.2) is 0 Å². The van der Waals surface area contributed by atoms with Gasteiger partial charge in [-0.2, -0.15) is 0 Å². The Balaban J connectivity index is 0.00000420. The molecule has 0 spiro atoms. The summed E-state index contributed by atoms with van der Waals surface area (Å²) in [5.41, 5.74) is 6.99. The number of halogens is 1. The lowest BCUT2D eigenvalue weighted by Gasteiger charge is -2.20. The number of hydrogen-bond donors (Lipinski definition) is 4. The average molecular weight is 426 g/mol. The summed E-state index contributed by atoms with van der Waals surface area (Å²) in [5.74, 6) is -0.692. The van der Waals surface area contributed by atoms with Crippen molar-refractivity contribution < 1.29 is 14.4 Å². The van der Waals surface area contributed by atoms with Crippen molar-refractivity contribution in [2.45, 2.75) is 45.6 Å². The van der Waals surface area contributed by atoms with E-state index >= 15 is 0 Å². The number of likely N-dealkylation sites (tertiary alicyclic amines) is 1. The summed E-state index contributed by atoms with van der Waals surface area (Å²) in [6.45, 7) is 5.11. The van der Waals surface area contributed by atoms with E-state index in [4.69, 9.17) is 5.73 Å². The van der Waals surface area contributed by atoms with Gasteiger partial charge in [-0.15, -0.1) is 12.4 Å². The molecule has 29 heavy (non-hydrogen) atoms. The standard InChI is InChI=1S/C20H31N5O3.ClH/c1-14(2)18(21)19(27)22-13-17(26)23-15-7-9-16(10-8-15)24-20(28)25-11-5-3-4-6-12-25;/h7-10,14,18H,3-6,11-13,21H2,1-2H3,(H,22,27)(H,23,26)(H,24,28);1H/t18-;/m0./s1. The summed E-state index contributed by atoms with van der Waals surface area (Å²) in [6.07, 6.45) is 4.41. The fourth-order valence-corrected chi connectivity index (χ4v) is 2.91. The van der Waals surface area contributed by atoms with Crippen LogP contribution < -0.4 is 21.7 Å². The van der Waals surface area contributed by atoms with Crippen molar-refractivity contribution in [2.75, 3.05) is 30.3 Å². The molecule has 0 unspecified atom stereocenters. The fourth-order valence-electron chi connectivity index (χ4n) is 2.91. The molecule has 0 radical (unpaired) electrons.